The van der Waals surface area contributed by atoms with E-state index in [1.807, 2.05) is 0 Å². The Balaban J connectivity index is -0.000000400. The van der Waals surface area contributed by atoms with E-state index in [9.17, 15) is 0 Å². The van der Waals surface area contributed by atoms with Gasteiger partial charge in [-0.05, 0) is 52.5 Å². The maximum atomic E-state index is 8.74. The lowest BCUT2D eigenvalue weighted by molar-refractivity contribution is 0.314. The molecule has 0 spiro atoms. The van der Waals surface area contributed by atoms with Crippen LogP contribution in [0, 0.1) is 0 Å². The van der Waals surface area contributed by atoms with Crippen LogP contribution < -0.4 is 5.32 Å². The molecule has 0 unspecified atom stereocenters. The molecule has 0 aliphatic rings. The van der Waals surface area contributed by atoms with Crippen molar-refractivity contribution >= 4 is 10.4 Å². The average molecular weight is 781 g/mol. The molecule has 0 aromatic carbocycles. The molecule has 53 heavy (non-hydrogen) atoms. The van der Waals surface area contributed by atoms with Crippen LogP contribution in [0.3, 0.4) is 0 Å². The van der Waals surface area contributed by atoms with Crippen LogP contribution in [-0.2, 0) is 10.4 Å². The lowest BCUT2D eigenvalue weighted by Crippen LogP contribution is -2.20. The molecule has 0 aliphatic heterocycles. The first-order valence-corrected chi connectivity index (χ1v) is 24.7. The zero-order valence-corrected chi connectivity index (χ0v) is 37.7. The van der Waals surface area contributed by atoms with Gasteiger partial charge in [0, 0.05) is 0 Å². The molecule has 8 heteroatoms. The third kappa shape index (κ3) is 73.5. The van der Waals surface area contributed by atoms with Crippen molar-refractivity contribution < 1.29 is 23.0 Å². The van der Waals surface area contributed by atoms with Crippen LogP contribution in [-0.4, -0.2) is 61.1 Å². The monoisotopic (exact) mass is 781 g/mol. The molecule has 0 fully saturated rings. The number of unbranched alkanes of at least 4 members (excludes halogenated alkanes) is 33. The predicted octanol–water partition coefficient (Wildman–Crippen LogP) is 14.1. The zero-order chi connectivity index (χ0) is 39.1. The summed E-state index contributed by atoms with van der Waals surface area (Å²) in [6.45, 7) is 14.0. The molecule has 5 N–H and O–H groups in total. The first-order chi connectivity index (χ1) is 25.2. The second-order valence-corrected chi connectivity index (χ2v) is 16.7. The van der Waals surface area contributed by atoms with Crippen LogP contribution in [0.15, 0.2) is 0 Å². The van der Waals surface area contributed by atoms with E-state index in [0.29, 0.717) is 0 Å². The van der Waals surface area contributed by atoms with E-state index in [4.69, 9.17) is 17.5 Å². The van der Waals surface area contributed by atoms with Gasteiger partial charge in [-0.25, -0.2) is 0 Å². The fourth-order valence-electron chi connectivity index (χ4n) is 6.82. The van der Waals surface area contributed by atoms with Crippen molar-refractivity contribution in [2.75, 3.05) is 33.2 Å². The van der Waals surface area contributed by atoms with Gasteiger partial charge in [-0.3, -0.25) is 9.11 Å². The molecule has 0 atom stereocenters. The maximum Gasteiger partial charge on any atom is 0.394 e. The Morgan fingerprint density at radius 1 is 0.377 bits per heavy atom. The summed E-state index contributed by atoms with van der Waals surface area (Å²) in [5.41, 5.74) is 0. The van der Waals surface area contributed by atoms with Gasteiger partial charge in [-0.15, -0.1) is 0 Å². The average Bonchev–Trinajstić information content (AvgIpc) is 3.11. The van der Waals surface area contributed by atoms with E-state index >= 15 is 0 Å². The highest BCUT2D eigenvalue weighted by molar-refractivity contribution is 7.79. The SMILES string of the molecule is CCCCCCCCCCCCCCCCCCNCC.CCCCCCCCCCCCN(C)CCCCCCCCCCCC.O.O=S(=O)(O)O. The van der Waals surface area contributed by atoms with Crippen LogP contribution in [0.5, 0.6) is 0 Å². The van der Waals surface area contributed by atoms with E-state index in [1.165, 1.54) is 251 Å². The van der Waals surface area contributed by atoms with E-state index in [-0.39, 0.29) is 5.48 Å². The number of hydrogen-bond donors (Lipinski definition) is 3. The lowest BCUT2D eigenvalue weighted by Gasteiger charge is -2.16. The summed E-state index contributed by atoms with van der Waals surface area (Å²) < 4.78 is 31.6. The van der Waals surface area contributed by atoms with Crippen LogP contribution >= 0.6 is 0 Å². The minimum atomic E-state index is -4.67. The van der Waals surface area contributed by atoms with E-state index < -0.39 is 10.4 Å². The van der Waals surface area contributed by atoms with Crippen molar-refractivity contribution in [1.29, 1.82) is 0 Å². The topological polar surface area (TPSA) is 121 Å². The van der Waals surface area contributed by atoms with E-state index in [2.05, 4.69) is 45.0 Å². The molecule has 0 rings (SSSR count). The van der Waals surface area contributed by atoms with Crippen molar-refractivity contribution in [2.45, 2.75) is 259 Å². The molecule has 0 aromatic rings. The zero-order valence-electron chi connectivity index (χ0n) is 36.9. The molecular formula is C45H100N2O5S. The third-order valence-corrected chi connectivity index (χ3v) is 10.2. The Bertz CT molecular complexity index is 661. The highest BCUT2D eigenvalue weighted by Crippen LogP contribution is 2.15. The first kappa shape index (κ1) is 59.4. The predicted molar refractivity (Wildman–Crippen MR) is 237 cm³/mol. The molecule has 0 aliphatic carbocycles. The fraction of sp³-hybridized carbons (Fsp3) is 1.00. The van der Waals surface area contributed by atoms with Gasteiger partial charge >= 0.3 is 10.4 Å². The Labute approximate surface area is 334 Å². The Hall–Kier alpha value is -0.250. The first-order valence-electron chi connectivity index (χ1n) is 23.3. The highest BCUT2D eigenvalue weighted by Gasteiger charge is 2.00. The van der Waals surface area contributed by atoms with Gasteiger partial charge in [0.25, 0.3) is 0 Å². The van der Waals surface area contributed by atoms with Gasteiger partial charge in [-0.1, -0.05) is 240 Å². The van der Waals surface area contributed by atoms with Crippen LogP contribution in [0.2, 0.25) is 0 Å². The standard InChI is InChI=1S/C25H53N.C20H43N.H2O4S.H2O/c1-4-6-8-10-12-14-16-18-20-22-24-26(3)25-23-21-19-17-15-13-11-9-7-5-2;1-3-5-6-7-8-9-10-11-12-13-14-15-16-17-18-19-20-21-4-2;1-5(2,3)4;/h4-25H2,1-3H3;21H,3-20H2,1-2H3;(H2,1,2,3,4);1H2. The second kappa shape index (κ2) is 53.9. The van der Waals surface area contributed by atoms with Crippen molar-refractivity contribution in [3.8, 4) is 0 Å². The summed E-state index contributed by atoms with van der Waals surface area (Å²) in [5.74, 6) is 0. The number of nitrogens with zero attached hydrogens (tertiary/aromatic N) is 1. The summed E-state index contributed by atoms with van der Waals surface area (Å²) in [5, 5.41) is 3.40. The van der Waals surface area contributed by atoms with Gasteiger partial charge in [0.15, 0.2) is 0 Å². The van der Waals surface area contributed by atoms with Gasteiger partial charge < -0.3 is 15.7 Å². The largest absolute Gasteiger partial charge is 0.412 e. The quantitative estimate of drug-likeness (QED) is 0.0420. The molecule has 0 saturated carbocycles. The minimum Gasteiger partial charge on any atom is -0.412 e. The highest BCUT2D eigenvalue weighted by atomic mass is 32.3. The van der Waals surface area contributed by atoms with E-state index in [0.717, 1.165) is 6.54 Å². The molecule has 0 amide bonds. The fourth-order valence-corrected chi connectivity index (χ4v) is 6.82. The minimum absolute atomic E-state index is 0. The van der Waals surface area contributed by atoms with Crippen molar-refractivity contribution in [3.05, 3.63) is 0 Å². The Morgan fingerprint density at radius 2 is 0.566 bits per heavy atom. The van der Waals surface area contributed by atoms with Gasteiger partial charge in [0.05, 0.1) is 0 Å². The third-order valence-electron chi connectivity index (χ3n) is 10.2. The summed E-state index contributed by atoms with van der Waals surface area (Å²) in [4.78, 5) is 2.56. The Kier molecular flexibility index (Phi) is 60.4. The summed E-state index contributed by atoms with van der Waals surface area (Å²) in [6, 6.07) is 0. The molecular weight excluding hydrogens is 681 g/mol. The van der Waals surface area contributed by atoms with Gasteiger partial charge in [0.1, 0.15) is 0 Å². The number of nitrogens with one attached hydrogen (secondary N) is 1. The van der Waals surface area contributed by atoms with Gasteiger partial charge in [-0.2, -0.15) is 8.42 Å². The van der Waals surface area contributed by atoms with Crippen molar-refractivity contribution in [3.63, 3.8) is 0 Å². The molecule has 0 saturated heterocycles. The van der Waals surface area contributed by atoms with Crippen molar-refractivity contribution in [2.24, 2.45) is 0 Å². The number of rotatable bonds is 40. The van der Waals surface area contributed by atoms with Crippen LogP contribution in [0.4, 0.5) is 0 Å². The van der Waals surface area contributed by atoms with Crippen molar-refractivity contribution in [1.82, 2.24) is 10.2 Å². The number of hydrogen-bond acceptors (Lipinski definition) is 4. The summed E-state index contributed by atoms with van der Waals surface area (Å²) >= 11 is 0. The normalized spacial score (nSPS) is 11.2. The van der Waals surface area contributed by atoms with Crippen LogP contribution in [0.1, 0.15) is 259 Å². The van der Waals surface area contributed by atoms with Gasteiger partial charge in [0.2, 0.25) is 0 Å². The summed E-state index contributed by atoms with van der Waals surface area (Å²) in [7, 11) is -2.35. The molecule has 0 radical (unpaired) electrons. The molecule has 326 valence electrons. The summed E-state index contributed by atoms with van der Waals surface area (Å²) in [6.07, 6.45) is 52.2. The molecule has 0 bridgehead atoms. The molecule has 7 nitrogen and oxygen atoms in total. The maximum absolute atomic E-state index is 8.74. The second-order valence-electron chi connectivity index (χ2n) is 15.8. The van der Waals surface area contributed by atoms with E-state index in [1.54, 1.807) is 0 Å². The van der Waals surface area contributed by atoms with Crippen LogP contribution in [0.25, 0.3) is 0 Å². The Morgan fingerprint density at radius 3 is 0.774 bits per heavy atom. The molecule has 0 aromatic heterocycles. The molecule has 0 heterocycles. The lowest BCUT2D eigenvalue weighted by atomic mass is 10.0. The smallest absolute Gasteiger partial charge is 0.394 e.